The van der Waals surface area contributed by atoms with Crippen LogP contribution in [0, 0.1) is 6.92 Å². The van der Waals surface area contributed by atoms with Crippen LogP contribution in [-0.4, -0.2) is 11.4 Å². The van der Waals surface area contributed by atoms with Gasteiger partial charge in [0.25, 0.3) is 0 Å². The van der Waals surface area contributed by atoms with Gasteiger partial charge in [-0.15, -0.1) is 0 Å². The summed E-state index contributed by atoms with van der Waals surface area (Å²) < 4.78 is 42.8. The first-order valence-electron chi connectivity index (χ1n) is 10.1. The van der Waals surface area contributed by atoms with E-state index in [0.29, 0.717) is 17.1 Å². The number of halogens is 5. The summed E-state index contributed by atoms with van der Waals surface area (Å²) in [5.74, 6) is 0. The molecule has 0 amide bonds. The van der Waals surface area contributed by atoms with E-state index >= 15 is 0 Å². The van der Waals surface area contributed by atoms with Crippen molar-refractivity contribution in [1.29, 1.82) is 0 Å². The topological polar surface area (TPSA) is 24.7 Å². The van der Waals surface area contributed by atoms with Crippen LogP contribution in [0.1, 0.15) is 22.3 Å². The minimum Gasteiger partial charge on any atom is -0.245 e. The van der Waals surface area contributed by atoms with Gasteiger partial charge in [0, 0.05) is 25.5 Å². The molecule has 0 unspecified atom stereocenters. The standard InChI is InChI=1S/C26H15Br2F3N2/c1-14-12-16(27)13-20(28)23(14)33-25-18-9-5-7-15-6-4-8-17(22(15)18)24(25)32-21-11-3-2-10-19(21)26(29,30)31/h2-13H,1H3/b32-24+,33-25+. The first kappa shape index (κ1) is 22.0. The minimum absolute atomic E-state index is 0.135. The van der Waals surface area contributed by atoms with Crippen molar-refractivity contribution in [2.24, 2.45) is 9.98 Å². The highest BCUT2D eigenvalue weighted by atomic mass is 79.9. The van der Waals surface area contributed by atoms with Gasteiger partial charge in [-0.3, -0.25) is 0 Å². The van der Waals surface area contributed by atoms with Crippen molar-refractivity contribution >= 4 is 65.4 Å². The molecule has 1 aliphatic carbocycles. The molecule has 164 valence electrons. The fraction of sp³-hybridized carbons (Fsp3) is 0.0769. The van der Waals surface area contributed by atoms with Gasteiger partial charge in [-0.25, -0.2) is 9.98 Å². The van der Waals surface area contributed by atoms with Crippen molar-refractivity contribution in [3.8, 4) is 0 Å². The van der Waals surface area contributed by atoms with Crippen molar-refractivity contribution in [3.05, 3.63) is 104 Å². The largest absolute Gasteiger partial charge is 0.418 e. The Balaban J connectivity index is 1.82. The number of benzene rings is 4. The molecule has 0 aliphatic heterocycles. The molecular weight excluding hydrogens is 557 g/mol. The number of para-hydroxylation sites is 1. The predicted molar refractivity (Wildman–Crippen MR) is 134 cm³/mol. The van der Waals surface area contributed by atoms with E-state index in [0.717, 1.165) is 42.5 Å². The molecule has 0 spiro atoms. The van der Waals surface area contributed by atoms with E-state index < -0.39 is 11.7 Å². The molecule has 0 N–H and O–H groups in total. The second-order valence-electron chi connectivity index (χ2n) is 7.70. The van der Waals surface area contributed by atoms with Crippen LogP contribution in [0.15, 0.2) is 91.7 Å². The Morgan fingerprint density at radius 1 is 0.758 bits per heavy atom. The number of aryl methyl sites for hydroxylation is 1. The van der Waals surface area contributed by atoms with Crippen molar-refractivity contribution in [2.75, 3.05) is 0 Å². The third kappa shape index (κ3) is 3.93. The molecule has 0 heterocycles. The highest BCUT2D eigenvalue weighted by Gasteiger charge is 2.34. The highest BCUT2D eigenvalue weighted by Crippen LogP contribution is 2.40. The molecule has 5 rings (SSSR count). The Kier molecular flexibility index (Phi) is 5.49. The molecule has 0 radical (unpaired) electrons. The maximum absolute atomic E-state index is 13.7. The van der Waals surface area contributed by atoms with Gasteiger partial charge in [0.05, 0.1) is 28.4 Å². The minimum atomic E-state index is -4.51. The third-order valence-corrected chi connectivity index (χ3v) is 6.59. The van der Waals surface area contributed by atoms with E-state index in [-0.39, 0.29) is 5.69 Å². The zero-order valence-corrected chi connectivity index (χ0v) is 20.4. The Morgan fingerprint density at radius 2 is 1.39 bits per heavy atom. The zero-order chi connectivity index (χ0) is 23.3. The number of rotatable bonds is 2. The summed E-state index contributed by atoms with van der Waals surface area (Å²) in [6, 6.07) is 20.8. The van der Waals surface area contributed by atoms with E-state index in [9.17, 15) is 13.2 Å². The van der Waals surface area contributed by atoms with Crippen LogP contribution in [0.2, 0.25) is 0 Å². The Hall–Kier alpha value is -2.77. The second kappa shape index (κ2) is 8.22. The maximum atomic E-state index is 13.7. The Morgan fingerprint density at radius 3 is 2.03 bits per heavy atom. The van der Waals surface area contributed by atoms with Gasteiger partial charge >= 0.3 is 6.18 Å². The molecule has 7 heteroatoms. The number of hydrogen-bond donors (Lipinski definition) is 0. The number of nitrogens with zero attached hydrogens (tertiary/aromatic N) is 2. The number of aliphatic imine (C=N–C) groups is 2. The summed E-state index contributed by atoms with van der Waals surface area (Å²) in [7, 11) is 0. The van der Waals surface area contributed by atoms with Gasteiger partial charge in [-0.05, 0) is 58.1 Å². The predicted octanol–water partition coefficient (Wildman–Crippen LogP) is 8.95. The van der Waals surface area contributed by atoms with E-state index in [2.05, 4.69) is 36.9 Å². The number of hydrogen-bond acceptors (Lipinski definition) is 2. The quantitative estimate of drug-likeness (QED) is 0.229. The van der Waals surface area contributed by atoms with Crippen LogP contribution in [0.5, 0.6) is 0 Å². The van der Waals surface area contributed by atoms with Crippen molar-refractivity contribution in [2.45, 2.75) is 13.1 Å². The molecule has 4 aromatic rings. The Bertz CT molecular complexity index is 1460. The van der Waals surface area contributed by atoms with Crippen molar-refractivity contribution in [1.82, 2.24) is 0 Å². The van der Waals surface area contributed by atoms with Crippen LogP contribution < -0.4 is 0 Å². The molecule has 0 fully saturated rings. The lowest BCUT2D eigenvalue weighted by atomic mass is 10.1. The first-order valence-corrected chi connectivity index (χ1v) is 11.6. The van der Waals surface area contributed by atoms with Crippen LogP contribution in [-0.2, 0) is 6.18 Å². The fourth-order valence-corrected chi connectivity index (χ4v) is 5.62. The van der Waals surface area contributed by atoms with Gasteiger partial charge in [-0.2, -0.15) is 13.2 Å². The number of alkyl halides is 3. The average molecular weight is 572 g/mol. The van der Waals surface area contributed by atoms with Crippen molar-refractivity contribution in [3.63, 3.8) is 0 Å². The summed E-state index contributed by atoms with van der Waals surface area (Å²) in [5.41, 5.74) is 3.30. The molecule has 0 bridgehead atoms. The lowest BCUT2D eigenvalue weighted by Crippen LogP contribution is -2.12. The summed E-state index contributed by atoms with van der Waals surface area (Å²) in [6.07, 6.45) is -4.51. The summed E-state index contributed by atoms with van der Waals surface area (Å²) in [4.78, 5) is 9.50. The van der Waals surface area contributed by atoms with Crippen molar-refractivity contribution < 1.29 is 13.2 Å². The van der Waals surface area contributed by atoms with Gasteiger partial charge in [0.15, 0.2) is 0 Å². The fourth-order valence-electron chi connectivity index (χ4n) is 4.10. The molecule has 1 aliphatic rings. The molecule has 4 aromatic carbocycles. The monoisotopic (exact) mass is 570 g/mol. The van der Waals surface area contributed by atoms with E-state index in [1.165, 1.54) is 12.1 Å². The molecule has 0 atom stereocenters. The molecule has 33 heavy (non-hydrogen) atoms. The zero-order valence-electron chi connectivity index (χ0n) is 17.2. The van der Waals surface area contributed by atoms with Gasteiger partial charge in [0.2, 0.25) is 0 Å². The van der Waals surface area contributed by atoms with Crippen LogP contribution in [0.4, 0.5) is 24.5 Å². The van der Waals surface area contributed by atoms with Gasteiger partial charge in [-0.1, -0.05) is 64.5 Å². The molecular formula is C26H15Br2F3N2. The first-order chi connectivity index (χ1) is 15.7. The summed E-state index contributed by atoms with van der Waals surface area (Å²) in [6.45, 7) is 1.94. The summed E-state index contributed by atoms with van der Waals surface area (Å²) in [5, 5.41) is 1.92. The van der Waals surface area contributed by atoms with E-state index in [1.807, 2.05) is 55.5 Å². The second-order valence-corrected chi connectivity index (χ2v) is 9.47. The van der Waals surface area contributed by atoms with Gasteiger partial charge < -0.3 is 0 Å². The maximum Gasteiger partial charge on any atom is 0.418 e. The SMILES string of the molecule is Cc1cc(Br)cc(Br)c1/N=C1/C(=N/c2ccccc2C(F)(F)F)c2cccc3cccc1c23. The smallest absolute Gasteiger partial charge is 0.245 e. The lowest BCUT2D eigenvalue weighted by Gasteiger charge is -2.11. The Labute approximate surface area is 205 Å². The highest BCUT2D eigenvalue weighted by molar-refractivity contribution is 9.11. The van der Waals surface area contributed by atoms with Crippen LogP contribution >= 0.6 is 31.9 Å². The average Bonchev–Trinajstić information content (AvgIpc) is 3.05. The van der Waals surface area contributed by atoms with Crippen LogP contribution in [0.3, 0.4) is 0 Å². The van der Waals surface area contributed by atoms with E-state index in [1.54, 1.807) is 6.07 Å². The third-order valence-electron chi connectivity index (χ3n) is 5.52. The molecule has 0 saturated heterocycles. The van der Waals surface area contributed by atoms with Gasteiger partial charge in [0.1, 0.15) is 0 Å². The molecule has 0 aromatic heterocycles. The van der Waals surface area contributed by atoms with E-state index in [4.69, 9.17) is 4.99 Å². The lowest BCUT2D eigenvalue weighted by molar-refractivity contribution is -0.137. The summed E-state index contributed by atoms with van der Waals surface area (Å²) >= 11 is 7.06. The normalized spacial score (nSPS) is 15.7. The molecule has 2 nitrogen and oxygen atoms in total. The van der Waals surface area contributed by atoms with Crippen LogP contribution in [0.25, 0.3) is 10.8 Å². The molecule has 0 saturated carbocycles.